The van der Waals surface area contributed by atoms with E-state index < -0.39 is 17.6 Å². The minimum Gasteiger partial charge on any atom is -0.273 e. The maximum Gasteiger partial charge on any atom is 0.241 e. The highest BCUT2D eigenvalue weighted by atomic mass is 35.5. The van der Waals surface area contributed by atoms with E-state index in [1.165, 1.54) is 17.0 Å². The van der Waals surface area contributed by atoms with Crippen molar-refractivity contribution in [3.05, 3.63) is 107 Å². The summed E-state index contributed by atoms with van der Waals surface area (Å²) in [4.78, 5) is 23.4. The predicted molar refractivity (Wildman–Crippen MR) is 126 cm³/mol. The zero-order valence-corrected chi connectivity index (χ0v) is 17.4. The first-order valence-electron chi connectivity index (χ1n) is 9.95. The van der Waals surface area contributed by atoms with Gasteiger partial charge in [-0.2, -0.15) is 0 Å². The summed E-state index contributed by atoms with van der Waals surface area (Å²) >= 11 is 6.15. The van der Waals surface area contributed by atoms with Crippen molar-refractivity contribution in [2.75, 3.05) is 4.90 Å². The Labute approximate surface area is 195 Å². The van der Waals surface area contributed by atoms with Gasteiger partial charge in [-0.25, -0.2) is 23.6 Å². The van der Waals surface area contributed by atoms with Gasteiger partial charge in [0.25, 0.3) is 0 Å². The Bertz CT molecular complexity index is 1310. The van der Waals surface area contributed by atoms with Crippen molar-refractivity contribution in [3.8, 4) is 11.1 Å². The van der Waals surface area contributed by atoms with Crippen LogP contribution in [0.2, 0.25) is 5.02 Å². The fraction of sp³-hybridized carbons (Fsp3) is 0.115. The van der Waals surface area contributed by atoms with Crippen LogP contribution < -0.4 is 4.90 Å². The van der Waals surface area contributed by atoms with Gasteiger partial charge in [-0.1, -0.05) is 37.2 Å². The highest BCUT2D eigenvalue weighted by Gasteiger charge is 2.39. The summed E-state index contributed by atoms with van der Waals surface area (Å²) in [5.74, 6) is -2.00. The second kappa shape index (κ2) is 9.08. The third kappa shape index (κ3) is 4.34. The van der Waals surface area contributed by atoms with Gasteiger partial charge in [0.05, 0.1) is 11.6 Å². The quantitative estimate of drug-likeness (QED) is 0.337. The molecule has 1 amide bonds. The van der Waals surface area contributed by atoms with Crippen molar-refractivity contribution in [1.82, 2.24) is 9.97 Å². The zero-order valence-electron chi connectivity index (χ0n) is 16.7. The van der Waals surface area contributed by atoms with Gasteiger partial charge in [-0.05, 0) is 71.1 Å². The van der Waals surface area contributed by atoms with Gasteiger partial charge in [-0.15, -0.1) is 0 Å². The molecule has 4 nitrogen and oxygen atoms in total. The lowest BCUT2D eigenvalue weighted by molar-refractivity contribution is -0.118. The average molecular weight is 464 g/mol. The summed E-state index contributed by atoms with van der Waals surface area (Å²) in [7, 11) is 0. The first-order chi connectivity index (χ1) is 15.5. The molecule has 2 heterocycles. The summed E-state index contributed by atoms with van der Waals surface area (Å²) < 4.78 is 27.6. The number of aromatic nitrogens is 2. The summed E-state index contributed by atoms with van der Waals surface area (Å²) in [5, 5.41) is 0.602. The molecule has 0 aliphatic carbocycles. The Kier molecular flexibility index (Phi) is 6.20. The minimum atomic E-state index is -0.679. The van der Waals surface area contributed by atoms with Gasteiger partial charge in [0, 0.05) is 23.5 Å². The van der Waals surface area contributed by atoms with Gasteiger partial charge in [0.15, 0.2) is 0 Å². The van der Waals surface area contributed by atoms with E-state index in [1.807, 2.05) is 36.4 Å². The van der Waals surface area contributed by atoms with Crippen LogP contribution >= 0.6 is 11.6 Å². The molecule has 0 saturated heterocycles. The number of halogens is 3. The molecule has 166 valence electrons. The number of carbonyl (C=O) groups is 1. The number of anilines is 2. The lowest BCUT2D eigenvalue weighted by Gasteiger charge is -2.15. The lowest BCUT2D eigenvalue weighted by atomic mass is 9.91. The minimum absolute atomic E-state index is 0. The third-order valence-electron chi connectivity index (χ3n) is 5.43. The van der Waals surface area contributed by atoms with Crippen LogP contribution in [0.4, 0.5) is 20.4 Å². The molecule has 4 aromatic rings. The Hall–Kier alpha value is -3.64. The molecule has 1 aliphatic heterocycles. The van der Waals surface area contributed by atoms with E-state index in [1.54, 1.807) is 24.5 Å². The monoisotopic (exact) mass is 463 g/mol. The van der Waals surface area contributed by atoms with Gasteiger partial charge in [-0.3, -0.25) is 4.79 Å². The summed E-state index contributed by atoms with van der Waals surface area (Å²) in [6, 6.07) is 18.1. The highest BCUT2D eigenvalue weighted by Crippen LogP contribution is 2.44. The molecule has 1 aliphatic rings. The molecule has 0 N–H and O–H groups in total. The molecule has 0 radical (unpaired) electrons. The molecule has 0 bridgehead atoms. The van der Waals surface area contributed by atoms with Crippen molar-refractivity contribution < 1.29 is 13.6 Å². The molecule has 0 saturated carbocycles. The normalized spacial score (nSPS) is 14.7. The standard InChI is InChI=1S/C25H16ClF2N3O.CH4/c26-18-4-1-3-16(12-18)17-5-6-23-21(13-17)22(11-15-9-19(27)14-20(28)10-15)24(32)31(23)25-29-7-2-8-30-25;/h1-10,12-14,22H,11H2;1H4. The average Bonchev–Trinajstić information content (AvgIpc) is 3.04. The molecule has 7 heteroatoms. The van der Waals surface area contributed by atoms with Crippen molar-refractivity contribution in [1.29, 1.82) is 0 Å². The van der Waals surface area contributed by atoms with Crippen LogP contribution in [0.15, 0.2) is 79.1 Å². The number of benzene rings is 3. The van der Waals surface area contributed by atoms with Gasteiger partial charge in [0.2, 0.25) is 11.9 Å². The van der Waals surface area contributed by atoms with E-state index in [2.05, 4.69) is 9.97 Å². The number of amides is 1. The van der Waals surface area contributed by atoms with E-state index in [0.29, 0.717) is 16.3 Å². The molecule has 1 aromatic heterocycles. The molecule has 0 spiro atoms. The largest absolute Gasteiger partial charge is 0.273 e. The summed E-state index contributed by atoms with van der Waals surface area (Å²) in [6.07, 6.45) is 3.26. The topological polar surface area (TPSA) is 46.1 Å². The SMILES string of the molecule is C.O=C1C(Cc2cc(F)cc(F)c2)c2cc(-c3cccc(Cl)c3)ccc2N1c1ncccn1. The molecule has 1 atom stereocenters. The molecule has 3 aromatic carbocycles. The number of carbonyl (C=O) groups excluding carboxylic acids is 1. The number of fused-ring (bicyclic) bond motifs is 1. The number of rotatable bonds is 4. The fourth-order valence-electron chi connectivity index (χ4n) is 4.07. The second-order valence-electron chi connectivity index (χ2n) is 7.54. The van der Waals surface area contributed by atoms with Crippen molar-refractivity contribution in [3.63, 3.8) is 0 Å². The van der Waals surface area contributed by atoms with Crippen molar-refractivity contribution in [2.24, 2.45) is 0 Å². The van der Waals surface area contributed by atoms with Crippen LogP contribution in [0.3, 0.4) is 0 Å². The predicted octanol–water partition coefficient (Wildman–Crippen LogP) is 6.72. The Balaban J connectivity index is 0.00000259. The third-order valence-corrected chi connectivity index (χ3v) is 5.67. The maximum absolute atomic E-state index is 13.8. The first kappa shape index (κ1) is 22.6. The van der Waals surface area contributed by atoms with Crippen LogP contribution in [-0.4, -0.2) is 15.9 Å². The fourth-order valence-corrected chi connectivity index (χ4v) is 4.26. The van der Waals surface area contributed by atoms with E-state index in [0.717, 1.165) is 22.8 Å². The van der Waals surface area contributed by atoms with Gasteiger partial charge in [0.1, 0.15) is 11.6 Å². The smallest absolute Gasteiger partial charge is 0.241 e. The number of hydrogen-bond acceptors (Lipinski definition) is 3. The summed E-state index contributed by atoms with van der Waals surface area (Å²) in [5.41, 5.74) is 3.57. The van der Waals surface area contributed by atoms with Crippen molar-refractivity contribution in [2.45, 2.75) is 19.8 Å². The van der Waals surface area contributed by atoms with E-state index in [4.69, 9.17) is 11.6 Å². The molecular formula is C26H20ClF2N3O. The van der Waals surface area contributed by atoms with E-state index in [9.17, 15) is 13.6 Å². The Morgan fingerprint density at radius 2 is 1.58 bits per heavy atom. The molecule has 33 heavy (non-hydrogen) atoms. The van der Waals surface area contributed by atoms with Crippen LogP contribution in [-0.2, 0) is 11.2 Å². The zero-order chi connectivity index (χ0) is 22.2. The molecular weight excluding hydrogens is 444 g/mol. The second-order valence-corrected chi connectivity index (χ2v) is 7.98. The molecule has 0 fully saturated rings. The van der Waals surface area contributed by atoms with Crippen LogP contribution in [0.1, 0.15) is 24.5 Å². The van der Waals surface area contributed by atoms with Gasteiger partial charge < -0.3 is 0 Å². The van der Waals surface area contributed by atoms with Crippen LogP contribution in [0.5, 0.6) is 0 Å². The molecule has 1 unspecified atom stereocenters. The highest BCUT2D eigenvalue weighted by molar-refractivity contribution is 6.30. The van der Waals surface area contributed by atoms with E-state index in [-0.39, 0.29) is 25.7 Å². The van der Waals surface area contributed by atoms with Crippen LogP contribution in [0, 0.1) is 11.6 Å². The van der Waals surface area contributed by atoms with Gasteiger partial charge >= 0.3 is 0 Å². The van der Waals surface area contributed by atoms with E-state index >= 15 is 0 Å². The summed E-state index contributed by atoms with van der Waals surface area (Å²) in [6.45, 7) is 0. The molecule has 5 rings (SSSR count). The lowest BCUT2D eigenvalue weighted by Crippen LogP contribution is -2.26. The first-order valence-corrected chi connectivity index (χ1v) is 10.3. The van der Waals surface area contributed by atoms with Crippen molar-refractivity contribution >= 4 is 29.1 Å². The van der Waals surface area contributed by atoms with Crippen LogP contribution in [0.25, 0.3) is 11.1 Å². The Morgan fingerprint density at radius 1 is 0.879 bits per heavy atom. The Morgan fingerprint density at radius 3 is 2.27 bits per heavy atom. The number of nitrogens with zero attached hydrogens (tertiary/aromatic N) is 3. The maximum atomic E-state index is 13.8. The number of hydrogen-bond donors (Lipinski definition) is 0.